The summed E-state index contributed by atoms with van der Waals surface area (Å²) >= 11 is 0. The fourth-order valence-corrected chi connectivity index (χ4v) is 4.52. The van der Waals surface area contributed by atoms with E-state index in [1.807, 2.05) is 43.9 Å². The van der Waals surface area contributed by atoms with E-state index in [9.17, 15) is 0 Å². The number of nitrogens with zero attached hydrogens (tertiary/aromatic N) is 5. The molecule has 8 nitrogen and oxygen atoms in total. The predicted octanol–water partition coefficient (Wildman–Crippen LogP) is 4.40. The Morgan fingerprint density at radius 2 is 1.85 bits per heavy atom. The highest BCUT2D eigenvalue weighted by atomic mass is 16.6. The van der Waals surface area contributed by atoms with Gasteiger partial charge in [-0.25, -0.2) is 14.8 Å². The number of hydrogen-bond acceptors (Lipinski definition) is 5. The average Bonchev–Trinajstić information content (AvgIpc) is 3.50. The minimum absolute atomic E-state index is 0.241. The Kier molecular flexibility index (Phi) is 6.72. The van der Waals surface area contributed by atoms with Crippen LogP contribution in [0.5, 0.6) is 0 Å². The van der Waals surface area contributed by atoms with Gasteiger partial charge in [-0.3, -0.25) is 4.68 Å². The number of rotatable bonds is 6. The van der Waals surface area contributed by atoms with Crippen molar-refractivity contribution in [1.29, 1.82) is 0 Å². The van der Waals surface area contributed by atoms with E-state index in [1.165, 1.54) is 18.5 Å². The molecule has 5 rings (SSSR count). The fraction of sp³-hybridized carbons (Fsp3) is 0.423. The van der Waals surface area contributed by atoms with Crippen LogP contribution in [0.4, 0.5) is 11.4 Å². The molecule has 1 saturated carbocycles. The number of nitrogens with two attached hydrogens (primary N) is 2. The molecule has 0 aliphatic heterocycles. The molecule has 4 aromatic rings. The Bertz CT molecular complexity index is 1310. The van der Waals surface area contributed by atoms with Crippen molar-refractivity contribution in [3.05, 3.63) is 41.9 Å². The van der Waals surface area contributed by atoms with E-state index < -0.39 is 0 Å². The van der Waals surface area contributed by atoms with E-state index in [0.29, 0.717) is 11.6 Å². The van der Waals surface area contributed by atoms with Crippen molar-refractivity contribution >= 4 is 22.4 Å². The second kappa shape index (κ2) is 9.56. The first-order valence-electron chi connectivity index (χ1n) is 12.0. The largest absolute Gasteiger partial charge is 0.394 e. The lowest BCUT2D eigenvalue weighted by atomic mass is 10.0. The molecule has 1 aromatic carbocycles. The normalized spacial score (nSPS) is 13.4. The van der Waals surface area contributed by atoms with Gasteiger partial charge in [-0.05, 0) is 37.0 Å². The van der Waals surface area contributed by atoms with E-state index in [1.54, 1.807) is 12.6 Å². The van der Waals surface area contributed by atoms with Crippen molar-refractivity contribution in [2.24, 2.45) is 14.1 Å². The van der Waals surface area contributed by atoms with E-state index in [4.69, 9.17) is 20.5 Å². The van der Waals surface area contributed by atoms with Gasteiger partial charge in [0.05, 0.1) is 29.7 Å². The number of nitrogen functional groups attached to an aromatic ring is 1. The maximum Gasteiger partial charge on any atom is 0.194 e. The van der Waals surface area contributed by atoms with E-state index in [-0.39, 0.29) is 5.92 Å². The molecule has 0 atom stereocenters. The van der Waals surface area contributed by atoms with Crippen LogP contribution in [0.25, 0.3) is 33.7 Å². The summed E-state index contributed by atoms with van der Waals surface area (Å²) in [5.74, 6) is 1.67. The molecule has 1 aliphatic rings. The van der Waals surface area contributed by atoms with Crippen LogP contribution in [-0.2, 0) is 18.9 Å². The lowest BCUT2D eigenvalue weighted by molar-refractivity contribution is -0.829. The molecule has 34 heavy (non-hydrogen) atoms. The molecule has 8 heteroatoms. The highest BCUT2D eigenvalue weighted by Crippen LogP contribution is 2.47. The summed E-state index contributed by atoms with van der Waals surface area (Å²) in [5, 5.41) is 5.53. The molecule has 1 aliphatic carbocycles. The molecule has 0 bridgehead atoms. The van der Waals surface area contributed by atoms with E-state index in [0.717, 1.165) is 45.1 Å². The minimum Gasteiger partial charge on any atom is -0.394 e. The van der Waals surface area contributed by atoms with Crippen molar-refractivity contribution in [2.45, 2.75) is 52.4 Å². The quantitative estimate of drug-likeness (QED) is 0.327. The average molecular weight is 463 g/mol. The second-order valence-corrected chi connectivity index (χ2v) is 8.96. The Balaban J connectivity index is 0.00000133. The number of aromatic nitrogens is 5. The van der Waals surface area contributed by atoms with Crippen molar-refractivity contribution < 1.29 is 10.3 Å². The van der Waals surface area contributed by atoms with Gasteiger partial charge in [0.25, 0.3) is 0 Å². The molecule has 3 heterocycles. The van der Waals surface area contributed by atoms with Crippen LogP contribution in [0, 0.1) is 0 Å². The SMILES string of the molecule is CC.CO[NH2+]c1c(N)cccc1-c1nc(-c2cc3cn(C)nc3nc2C(C)C)n(C)c1C1CC1. The number of fused-ring (bicyclic) bond motifs is 1. The summed E-state index contributed by atoms with van der Waals surface area (Å²) in [4.78, 5) is 15.5. The van der Waals surface area contributed by atoms with Gasteiger partial charge in [0.1, 0.15) is 5.82 Å². The zero-order chi connectivity index (χ0) is 24.6. The number of aryl methyl sites for hydroxylation is 1. The molecule has 0 unspecified atom stereocenters. The summed E-state index contributed by atoms with van der Waals surface area (Å²) < 4.78 is 4.06. The summed E-state index contributed by atoms with van der Waals surface area (Å²) in [6.07, 6.45) is 4.36. The Morgan fingerprint density at radius 1 is 1.12 bits per heavy atom. The first kappa shape index (κ1) is 23.9. The monoisotopic (exact) mass is 462 g/mol. The Labute approximate surface area is 201 Å². The summed E-state index contributed by atoms with van der Waals surface area (Å²) in [6.45, 7) is 8.33. The molecule has 0 spiro atoms. The zero-order valence-electron chi connectivity index (χ0n) is 21.3. The predicted molar refractivity (Wildman–Crippen MR) is 137 cm³/mol. The molecule has 0 saturated heterocycles. The van der Waals surface area contributed by atoms with Gasteiger partial charge in [0.2, 0.25) is 0 Å². The van der Waals surface area contributed by atoms with E-state index >= 15 is 0 Å². The number of quaternary nitrogens is 1. The van der Waals surface area contributed by atoms with Crippen LogP contribution in [0.3, 0.4) is 0 Å². The molecule has 4 N–H and O–H groups in total. The highest BCUT2D eigenvalue weighted by Gasteiger charge is 2.34. The molecule has 1 fully saturated rings. The standard InChI is InChI=1S/C24H29N7O.C2H6/c1-13(2)19-17(11-15-12-30(3)28-23(15)26-19)24-27-21(22(31(24)4)14-9-10-14)16-7-6-8-18(25)20(16)29-32-5;1-2/h6-8,11-14,29H,9-10,25H2,1-5H3;1-2H3/p+1. The third-order valence-corrected chi connectivity index (χ3v) is 6.16. The summed E-state index contributed by atoms with van der Waals surface area (Å²) in [6, 6.07) is 8.12. The molecular formula is C26H36N7O+. The third kappa shape index (κ3) is 4.19. The molecule has 3 aromatic heterocycles. The fourth-order valence-electron chi connectivity index (χ4n) is 4.52. The Morgan fingerprint density at radius 3 is 2.50 bits per heavy atom. The summed E-state index contributed by atoms with van der Waals surface area (Å²) in [7, 11) is 5.68. The first-order chi connectivity index (χ1) is 16.4. The van der Waals surface area contributed by atoms with Crippen LogP contribution >= 0.6 is 0 Å². The van der Waals surface area contributed by atoms with Gasteiger partial charge < -0.3 is 10.3 Å². The van der Waals surface area contributed by atoms with Gasteiger partial charge in [0, 0.05) is 42.9 Å². The van der Waals surface area contributed by atoms with Crippen LogP contribution in [-0.4, -0.2) is 31.4 Å². The first-order valence-corrected chi connectivity index (χ1v) is 12.0. The van der Waals surface area contributed by atoms with E-state index in [2.05, 4.69) is 42.7 Å². The maximum atomic E-state index is 6.31. The lowest BCUT2D eigenvalue weighted by Crippen LogP contribution is -2.76. The zero-order valence-corrected chi connectivity index (χ0v) is 21.3. The van der Waals surface area contributed by atoms with Crippen LogP contribution in [0.1, 0.15) is 63.8 Å². The highest BCUT2D eigenvalue weighted by molar-refractivity contribution is 5.84. The Hall–Kier alpha value is -3.23. The number of imidazole rings is 1. The lowest BCUT2D eigenvalue weighted by Gasteiger charge is -2.12. The molecule has 0 radical (unpaired) electrons. The van der Waals surface area contributed by atoms with Crippen molar-refractivity contribution in [1.82, 2.24) is 24.3 Å². The van der Waals surface area contributed by atoms with Crippen molar-refractivity contribution in [2.75, 3.05) is 12.8 Å². The van der Waals surface area contributed by atoms with Crippen LogP contribution in [0.15, 0.2) is 30.5 Å². The third-order valence-electron chi connectivity index (χ3n) is 6.16. The maximum absolute atomic E-state index is 6.31. The second-order valence-electron chi connectivity index (χ2n) is 8.96. The smallest absolute Gasteiger partial charge is 0.194 e. The van der Waals surface area contributed by atoms with Gasteiger partial charge in [0.15, 0.2) is 11.3 Å². The van der Waals surface area contributed by atoms with Gasteiger partial charge in [-0.2, -0.15) is 10.6 Å². The van der Waals surface area contributed by atoms with Crippen molar-refractivity contribution in [3.8, 4) is 22.6 Å². The topological polar surface area (TPSA) is 100 Å². The number of pyridine rings is 1. The minimum atomic E-state index is 0.241. The van der Waals surface area contributed by atoms with Gasteiger partial charge in [-0.1, -0.05) is 33.8 Å². The number of anilines is 1. The molecular weight excluding hydrogens is 426 g/mol. The van der Waals surface area contributed by atoms with Gasteiger partial charge >= 0.3 is 0 Å². The van der Waals surface area contributed by atoms with Gasteiger partial charge in [-0.15, -0.1) is 0 Å². The molecule has 180 valence electrons. The van der Waals surface area contributed by atoms with Crippen LogP contribution in [0.2, 0.25) is 0 Å². The van der Waals surface area contributed by atoms with Crippen LogP contribution < -0.4 is 11.2 Å². The van der Waals surface area contributed by atoms with Crippen molar-refractivity contribution in [3.63, 3.8) is 0 Å². The summed E-state index contributed by atoms with van der Waals surface area (Å²) in [5.41, 5.74) is 15.6. The number of benzene rings is 1. The molecule has 0 amide bonds. The number of hydrogen-bond donors (Lipinski definition) is 2.